The molecule has 0 heterocycles. The normalized spacial score (nSPS) is 11.2. The van der Waals surface area contributed by atoms with Crippen molar-refractivity contribution in [3.8, 4) is 22.3 Å². The Kier molecular flexibility index (Phi) is 5.18. The molecular formula is C32H22S. The first-order chi connectivity index (χ1) is 16.3. The van der Waals surface area contributed by atoms with E-state index >= 15 is 0 Å². The summed E-state index contributed by atoms with van der Waals surface area (Å²) in [4.78, 5) is 2.50. The molecule has 0 amide bonds. The second-order valence-corrected chi connectivity index (χ2v) is 9.36. The summed E-state index contributed by atoms with van der Waals surface area (Å²) in [7, 11) is 0. The quantitative estimate of drug-likeness (QED) is 0.247. The molecule has 0 aliphatic heterocycles. The van der Waals surface area contributed by atoms with Crippen LogP contribution in [-0.2, 0) is 0 Å². The van der Waals surface area contributed by atoms with Gasteiger partial charge in [0.25, 0.3) is 0 Å². The largest absolute Gasteiger partial charge is 0.0901 e. The lowest BCUT2D eigenvalue weighted by Crippen LogP contribution is -1.89. The van der Waals surface area contributed by atoms with Gasteiger partial charge in [-0.25, -0.2) is 0 Å². The van der Waals surface area contributed by atoms with Crippen molar-refractivity contribution >= 4 is 33.3 Å². The molecule has 0 unspecified atom stereocenters. The predicted octanol–water partition coefficient (Wildman–Crippen LogP) is 9.48. The van der Waals surface area contributed by atoms with Gasteiger partial charge in [0.2, 0.25) is 0 Å². The molecular weight excluding hydrogens is 416 g/mol. The number of hydrogen-bond acceptors (Lipinski definition) is 1. The molecule has 0 spiro atoms. The van der Waals surface area contributed by atoms with E-state index in [1.54, 1.807) is 11.8 Å². The summed E-state index contributed by atoms with van der Waals surface area (Å²) < 4.78 is 0. The van der Waals surface area contributed by atoms with E-state index in [-0.39, 0.29) is 0 Å². The molecule has 0 N–H and O–H groups in total. The van der Waals surface area contributed by atoms with Crippen LogP contribution in [0.3, 0.4) is 0 Å². The number of hydrogen-bond donors (Lipinski definition) is 0. The van der Waals surface area contributed by atoms with Crippen molar-refractivity contribution in [3.63, 3.8) is 0 Å². The van der Waals surface area contributed by atoms with Gasteiger partial charge >= 0.3 is 0 Å². The number of rotatable bonds is 4. The first-order valence-electron chi connectivity index (χ1n) is 11.2. The molecule has 0 nitrogen and oxygen atoms in total. The lowest BCUT2D eigenvalue weighted by molar-refractivity contribution is 1.41. The van der Waals surface area contributed by atoms with E-state index in [2.05, 4.69) is 133 Å². The molecule has 0 aromatic heterocycles. The predicted molar refractivity (Wildman–Crippen MR) is 143 cm³/mol. The summed E-state index contributed by atoms with van der Waals surface area (Å²) in [5.41, 5.74) is 5.04. The van der Waals surface area contributed by atoms with Crippen LogP contribution in [0.5, 0.6) is 0 Å². The highest BCUT2D eigenvalue weighted by Gasteiger charge is 2.13. The van der Waals surface area contributed by atoms with Crippen LogP contribution in [0, 0.1) is 0 Å². The van der Waals surface area contributed by atoms with Crippen LogP contribution in [0.1, 0.15) is 0 Å². The fourth-order valence-corrected chi connectivity index (χ4v) is 5.33. The van der Waals surface area contributed by atoms with Gasteiger partial charge in [-0.1, -0.05) is 109 Å². The second kappa shape index (κ2) is 8.61. The fraction of sp³-hybridized carbons (Fsp3) is 0. The maximum Gasteiger partial charge on any atom is 0.0122 e. The smallest absolute Gasteiger partial charge is 0.0122 e. The zero-order valence-corrected chi connectivity index (χ0v) is 18.9. The van der Waals surface area contributed by atoms with E-state index in [9.17, 15) is 0 Å². The maximum atomic E-state index is 2.35. The molecule has 0 saturated carbocycles. The molecule has 156 valence electrons. The van der Waals surface area contributed by atoms with Crippen molar-refractivity contribution in [2.45, 2.75) is 9.79 Å². The van der Waals surface area contributed by atoms with E-state index in [0.717, 1.165) is 0 Å². The van der Waals surface area contributed by atoms with E-state index < -0.39 is 0 Å². The zero-order valence-electron chi connectivity index (χ0n) is 18.1. The van der Waals surface area contributed by atoms with E-state index in [1.807, 2.05) is 0 Å². The maximum absolute atomic E-state index is 2.35. The average Bonchev–Trinajstić information content (AvgIpc) is 2.88. The van der Waals surface area contributed by atoms with Crippen LogP contribution in [-0.4, -0.2) is 0 Å². The summed E-state index contributed by atoms with van der Waals surface area (Å²) >= 11 is 1.80. The molecule has 0 radical (unpaired) electrons. The molecule has 0 atom stereocenters. The highest BCUT2D eigenvalue weighted by atomic mass is 32.2. The van der Waals surface area contributed by atoms with Crippen molar-refractivity contribution in [1.29, 1.82) is 0 Å². The third-order valence-corrected chi connectivity index (χ3v) is 7.11. The SMILES string of the molecule is c1ccc(Sc2ccc(-c3c(-c4ccccc4)ccc4cc5ccccc5cc34)cc2)cc1. The monoisotopic (exact) mass is 438 g/mol. The summed E-state index contributed by atoms with van der Waals surface area (Å²) in [6, 6.07) is 48.1. The highest BCUT2D eigenvalue weighted by Crippen LogP contribution is 2.40. The second-order valence-electron chi connectivity index (χ2n) is 8.21. The molecule has 0 bridgehead atoms. The van der Waals surface area contributed by atoms with Gasteiger partial charge in [-0.05, 0) is 80.2 Å². The standard InChI is InChI=1S/C32H22S/c1-3-9-23(10-4-1)30-20-17-27-21-25-11-7-8-12-26(25)22-31(27)32(30)24-15-18-29(19-16-24)33-28-13-5-2-6-14-28/h1-22H. The van der Waals surface area contributed by atoms with Crippen molar-refractivity contribution in [2.75, 3.05) is 0 Å². The average molecular weight is 439 g/mol. The van der Waals surface area contributed by atoms with Crippen LogP contribution >= 0.6 is 11.8 Å². The third-order valence-electron chi connectivity index (χ3n) is 6.09. The van der Waals surface area contributed by atoms with Gasteiger partial charge < -0.3 is 0 Å². The van der Waals surface area contributed by atoms with Gasteiger partial charge in [0.05, 0.1) is 0 Å². The van der Waals surface area contributed by atoms with Crippen LogP contribution in [0.4, 0.5) is 0 Å². The Morgan fingerprint density at radius 1 is 0.394 bits per heavy atom. The summed E-state index contributed by atoms with van der Waals surface area (Å²) in [5.74, 6) is 0. The summed E-state index contributed by atoms with van der Waals surface area (Å²) in [5, 5.41) is 5.11. The lowest BCUT2D eigenvalue weighted by Gasteiger charge is -2.15. The third kappa shape index (κ3) is 3.92. The van der Waals surface area contributed by atoms with E-state index in [4.69, 9.17) is 0 Å². The van der Waals surface area contributed by atoms with Gasteiger partial charge in [0.1, 0.15) is 0 Å². The summed E-state index contributed by atoms with van der Waals surface area (Å²) in [6.45, 7) is 0. The van der Waals surface area contributed by atoms with E-state index in [0.29, 0.717) is 0 Å². The van der Waals surface area contributed by atoms with E-state index in [1.165, 1.54) is 53.6 Å². The molecule has 0 fully saturated rings. The Morgan fingerprint density at radius 3 is 1.73 bits per heavy atom. The molecule has 0 aliphatic rings. The minimum Gasteiger partial charge on any atom is -0.0901 e. The Hall–Kier alpha value is -3.81. The minimum atomic E-state index is 1.24. The molecule has 0 saturated heterocycles. The van der Waals surface area contributed by atoms with Crippen molar-refractivity contribution in [3.05, 3.63) is 133 Å². The first kappa shape index (κ1) is 19.8. The minimum absolute atomic E-state index is 1.24. The van der Waals surface area contributed by atoms with Gasteiger partial charge in [-0.3, -0.25) is 0 Å². The Balaban J connectivity index is 1.54. The topological polar surface area (TPSA) is 0 Å². The van der Waals surface area contributed by atoms with Crippen LogP contribution in [0.15, 0.2) is 143 Å². The Morgan fingerprint density at radius 2 is 1.00 bits per heavy atom. The number of benzene rings is 6. The molecule has 1 heteroatoms. The molecule has 6 rings (SSSR count). The summed E-state index contributed by atoms with van der Waals surface area (Å²) in [6.07, 6.45) is 0. The molecule has 6 aromatic rings. The first-order valence-corrected chi connectivity index (χ1v) is 12.0. The van der Waals surface area contributed by atoms with Crippen molar-refractivity contribution in [1.82, 2.24) is 0 Å². The molecule has 33 heavy (non-hydrogen) atoms. The van der Waals surface area contributed by atoms with Crippen molar-refractivity contribution in [2.24, 2.45) is 0 Å². The zero-order chi connectivity index (χ0) is 22.0. The van der Waals surface area contributed by atoms with Crippen LogP contribution < -0.4 is 0 Å². The number of fused-ring (bicyclic) bond motifs is 2. The molecule has 0 aliphatic carbocycles. The van der Waals surface area contributed by atoms with Crippen LogP contribution in [0.25, 0.3) is 43.8 Å². The van der Waals surface area contributed by atoms with Gasteiger partial charge in [-0.2, -0.15) is 0 Å². The van der Waals surface area contributed by atoms with Gasteiger partial charge in [-0.15, -0.1) is 0 Å². The van der Waals surface area contributed by atoms with Gasteiger partial charge in [0, 0.05) is 9.79 Å². The molecule has 6 aromatic carbocycles. The lowest BCUT2D eigenvalue weighted by atomic mass is 9.89. The highest BCUT2D eigenvalue weighted by molar-refractivity contribution is 7.99. The Bertz CT molecular complexity index is 1550. The van der Waals surface area contributed by atoms with Gasteiger partial charge in [0.15, 0.2) is 0 Å². The Labute approximate surface area is 198 Å². The van der Waals surface area contributed by atoms with Crippen LogP contribution in [0.2, 0.25) is 0 Å². The fourth-order valence-electron chi connectivity index (χ4n) is 4.50. The van der Waals surface area contributed by atoms with Crippen molar-refractivity contribution < 1.29 is 0 Å².